The van der Waals surface area contributed by atoms with Crippen LogP contribution < -0.4 is 0 Å². The molecule has 11 heavy (non-hydrogen) atoms. The fourth-order valence-electron chi connectivity index (χ4n) is 0.921. The number of unbranched alkanes of at least 4 members (excludes halogenated alkanes) is 1. The van der Waals surface area contributed by atoms with E-state index in [1.54, 1.807) is 11.8 Å². The molecule has 0 aliphatic carbocycles. The first-order chi connectivity index (χ1) is 5.25. The number of hydrogen-bond donors (Lipinski definition) is 0. The van der Waals surface area contributed by atoms with Crippen LogP contribution in [0.5, 0.6) is 0 Å². The van der Waals surface area contributed by atoms with Crippen molar-refractivity contribution < 1.29 is 4.21 Å². The number of thioether (sulfide) groups is 1. The standard InChI is InChI=1S/C8H14OS2/c1-3-4-5-8-10-6-7(2)11(8)9/h5,7H,3-4,6H2,1-2H3/b8-5+/t7-,11-/m0/s1. The normalized spacial score (nSPS) is 34.9. The van der Waals surface area contributed by atoms with Crippen LogP contribution in [0.3, 0.4) is 0 Å². The van der Waals surface area contributed by atoms with E-state index in [0.717, 1.165) is 22.8 Å². The van der Waals surface area contributed by atoms with Crippen LogP contribution in [0.2, 0.25) is 0 Å². The summed E-state index contributed by atoms with van der Waals surface area (Å²) >= 11 is 1.76. The van der Waals surface area contributed by atoms with Crippen molar-refractivity contribution in [1.82, 2.24) is 0 Å². The van der Waals surface area contributed by atoms with Gasteiger partial charge in [-0.15, -0.1) is 11.8 Å². The van der Waals surface area contributed by atoms with Crippen molar-refractivity contribution in [3.05, 3.63) is 10.3 Å². The van der Waals surface area contributed by atoms with E-state index < -0.39 is 10.8 Å². The fraction of sp³-hybridized carbons (Fsp3) is 0.750. The summed E-state index contributed by atoms with van der Waals surface area (Å²) in [5, 5.41) is 0.364. The molecule has 1 nitrogen and oxygen atoms in total. The SMILES string of the molecule is CCC/C=C1\SC[C@H](C)[S@@]1=O. The Balaban J connectivity index is 2.54. The van der Waals surface area contributed by atoms with Gasteiger partial charge < -0.3 is 0 Å². The lowest BCUT2D eigenvalue weighted by Gasteiger charge is -1.95. The van der Waals surface area contributed by atoms with E-state index in [4.69, 9.17) is 0 Å². The van der Waals surface area contributed by atoms with Gasteiger partial charge in [0.2, 0.25) is 0 Å². The van der Waals surface area contributed by atoms with Crippen LogP contribution in [0.1, 0.15) is 26.7 Å². The second-order valence-electron chi connectivity index (χ2n) is 2.73. The quantitative estimate of drug-likeness (QED) is 0.665. The first-order valence-electron chi connectivity index (χ1n) is 3.99. The predicted octanol–water partition coefficient (Wildman–Crippen LogP) is 2.51. The molecule has 0 amide bonds. The smallest absolute Gasteiger partial charge is 0.0679 e. The van der Waals surface area contributed by atoms with Crippen molar-refractivity contribution in [3.63, 3.8) is 0 Å². The van der Waals surface area contributed by atoms with E-state index in [1.165, 1.54) is 0 Å². The van der Waals surface area contributed by atoms with Crippen molar-refractivity contribution in [2.24, 2.45) is 0 Å². The molecule has 0 saturated carbocycles. The Bertz CT molecular complexity index is 187. The lowest BCUT2D eigenvalue weighted by Crippen LogP contribution is -2.04. The van der Waals surface area contributed by atoms with Gasteiger partial charge in [0.05, 0.1) is 15.0 Å². The minimum absolute atomic E-state index is 0.364. The molecule has 0 aromatic carbocycles. The van der Waals surface area contributed by atoms with E-state index in [0.29, 0.717) is 5.25 Å². The van der Waals surface area contributed by atoms with E-state index >= 15 is 0 Å². The molecule has 0 N–H and O–H groups in total. The first-order valence-corrected chi connectivity index (χ1v) is 6.19. The molecule has 0 aromatic rings. The Morgan fingerprint density at radius 3 is 3.00 bits per heavy atom. The van der Waals surface area contributed by atoms with Crippen molar-refractivity contribution in [2.75, 3.05) is 5.75 Å². The molecular formula is C8H14OS2. The molecule has 0 radical (unpaired) electrons. The molecule has 1 fully saturated rings. The minimum atomic E-state index is -0.683. The third-order valence-corrected chi connectivity index (χ3v) is 5.26. The van der Waals surface area contributed by atoms with Crippen LogP contribution in [-0.4, -0.2) is 15.2 Å². The van der Waals surface area contributed by atoms with Gasteiger partial charge in [-0.05, 0) is 13.3 Å². The second kappa shape index (κ2) is 4.31. The lowest BCUT2D eigenvalue weighted by atomic mass is 10.3. The summed E-state index contributed by atoms with van der Waals surface area (Å²) in [6.45, 7) is 4.19. The highest BCUT2D eigenvalue weighted by molar-refractivity contribution is 8.19. The van der Waals surface area contributed by atoms with Gasteiger partial charge in [0.15, 0.2) is 0 Å². The van der Waals surface area contributed by atoms with Crippen molar-refractivity contribution in [3.8, 4) is 0 Å². The van der Waals surface area contributed by atoms with Gasteiger partial charge in [-0.3, -0.25) is 4.21 Å². The molecule has 0 aromatic heterocycles. The van der Waals surface area contributed by atoms with Crippen molar-refractivity contribution in [1.29, 1.82) is 0 Å². The zero-order valence-corrected chi connectivity index (χ0v) is 8.63. The Morgan fingerprint density at radius 1 is 1.82 bits per heavy atom. The third-order valence-electron chi connectivity index (χ3n) is 1.62. The second-order valence-corrected chi connectivity index (χ2v) is 5.89. The van der Waals surface area contributed by atoms with E-state index in [9.17, 15) is 4.21 Å². The Labute approximate surface area is 75.1 Å². The average molecular weight is 190 g/mol. The third kappa shape index (κ3) is 2.34. The summed E-state index contributed by atoms with van der Waals surface area (Å²) in [7, 11) is -0.683. The molecule has 2 atom stereocenters. The molecule has 0 spiro atoms. The first kappa shape index (κ1) is 9.33. The highest BCUT2D eigenvalue weighted by atomic mass is 32.2. The maximum absolute atomic E-state index is 11.4. The van der Waals surface area contributed by atoms with Gasteiger partial charge >= 0.3 is 0 Å². The molecule has 1 rings (SSSR count). The van der Waals surface area contributed by atoms with Gasteiger partial charge in [0.25, 0.3) is 0 Å². The van der Waals surface area contributed by atoms with Gasteiger partial charge in [0, 0.05) is 11.0 Å². The molecule has 64 valence electrons. The maximum Gasteiger partial charge on any atom is 0.0679 e. The number of hydrogen-bond acceptors (Lipinski definition) is 2. The molecule has 1 aliphatic heterocycles. The van der Waals surface area contributed by atoms with Crippen LogP contribution in [0.25, 0.3) is 0 Å². The van der Waals surface area contributed by atoms with Crippen LogP contribution >= 0.6 is 11.8 Å². The summed E-state index contributed by atoms with van der Waals surface area (Å²) in [6.07, 6.45) is 4.35. The van der Waals surface area contributed by atoms with Gasteiger partial charge in [-0.1, -0.05) is 19.4 Å². The maximum atomic E-state index is 11.4. The van der Waals surface area contributed by atoms with E-state index in [-0.39, 0.29) is 0 Å². The molecular weight excluding hydrogens is 176 g/mol. The predicted molar refractivity (Wildman–Crippen MR) is 53.1 cm³/mol. The number of rotatable bonds is 2. The van der Waals surface area contributed by atoms with Crippen LogP contribution in [0, 0.1) is 0 Å². The molecule has 1 aliphatic rings. The summed E-state index contributed by atoms with van der Waals surface area (Å²) in [5.41, 5.74) is 0. The lowest BCUT2D eigenvalue weighted by molar-refractivity contribution is 0.683. The summed E-state index contributed by atoms with van der Waals surface area (Å²) < 4.78 is 12.5. The highest BCUT2D eigenvalue weighted by Crippen LogP contribution is 2.32. The summed E-state index contributed by atoms with van der Waals surface area (Å²) in [6, 6.07) is 0. The zero-order chi connectivity index (χ0) is 8.27. The Kier molecular flexibility index (Phi) is 3.66. The molecule has 3 heteroatoms. The zero-order valence-electron chi connectivity index (χ0n) is 7.00. The van der Waals surface area contributed by atoms with Crippen LogP contribution in [-0.2, 0) is 10.8 Å². The topological polar surface area (TPSA) is 17.1 Å². The van der Waals surface area contributed by atoms with E-state index in [1.807, 2.05) is 0 Å². The van der Waals surface area contributed by atoms with Crippen LogP contribution in [0.4, 0.5) is 0 Å². The van der Waals surface area contributed by atoms with Gasteiger partial charge in [-0.2, -0.15) is 0 Å². The minimum Gasteiger partial charge on any atom is -0.254 e. The van der Waals surface area contributed by atoms with E-state index in [2.05, 4.69) is 19.9 Å². The van der Waals surface area contributed by atoms with Crippen molar-refractivity contribution in [2.45, 2.75) is 31.9 Å². The Hall–Kier alpha value is 0.240. The van der Waals surface area contributed by atoms with Gasteiger partial charge in [0.1, 0.15) is 0 Å². The molecule has 1 saturated heterocycles. The van der Waals surface area contributed by atoms with Crippen molar-refractivity contribution >= 4 is 22.6 Å². The largest absolute Gasteiger partial charge is 0.254 e. The summed E-state index contributed by atoms with van der Waals surface area (Å²) in [4.78, 5) is 0. The van der Waals surface area contributed by atoms with Crippen LogP contribution in [0.15, 0.2) is 10.3 Å². The fourth-order valence-corrected chi connectivity index (χ4v) is 4.09. The molecule has 1 heterocycles. The molecule has 0 unspecified atom stereocenters. The number of allylic oxidation sites excluding steroid dienone is 1. The van der Waals surface area contributed by atoms with Gasteiger partial charge in [-0.25, -0.2) is 0 Å². The average Bonchev–Trinajstić information content (AvgIpc) is 2.31. The summed E-state index contributed by atoms with van der Waals surface area (Å²) in [5.74, 6) is 1.03. The highest BCUT2D eigenvalue weighted by Gasteiger charge is 2.23. The molecule has 0 bridgehead atoms. The monoisotopic (exact) mass is 190 g/mol. The Morgan fingerprint density at radius 2 is 2.55 bits per heavy atom.